The van der Waals surface area contributed by atoms with Gasteiger partial charge in [0, 0.05) is 6.54 Å². The highest BCUT2D eigenvalue weighted by Crippen LogP contribution is 2.28. The van der Waals surface area contributed by atoms with Crippen LogP contribution in [0.2, 0.25) is 0 Å². The van der Waals surface area contributed by atoms with E-state index in [1.54, 1.807) is 24.3 Å². The Bertz CT molecular complexity index is 779. The Kier molecular flexibility index (Phi) is 4.84. The lowest BCUT2D eigenvalue weighted by molar-refractivity contribution is 0.0395. The van der Waals surface area contributed by atoms with Gasteiger partial charge in [0.05, 0.1) is 13.4 Å². The highest BCUT2D eigenvalue weighted by molar-refractivity contribution is 7.89. The number of sulfonamides is 1. The molecule has 6 nitrogen and oxygen atoms in total. The van der Waals surface area contributed by atoms with Gasteiger partial charge in [-0.2, -0.15) is 0 Å². The molecule has 0 fully saturated rings. The van der Waals surface area contributed by atoms with Crippen LogP contribution in [0.5, 0.6) is 5.75 Å². The summed E-state index contributed by atoms with van der Waals surface area (Å²) < 4.78 is 37.8. The minimum atomic E-state index is -3.84. The van der Waals surface area contributed by atoms with E-state index in [-0.39, 0.29) is 22.9 Å². The van der Waals surface area contributed by atoms with E-state index in [0.29, 0.717) is 0 Å². The van der Waals surface area contributed by atoms with Crippen LogP contribution in [0.15, 0.2) is 39.8 Å². The molecule has 0 saturated heterocycles. The molecule has 0 saturated carbocycles. The van der Waals surface area contributed by atoms with E-state index in [1.165, 1.54) is 20.3 Å². The Morgan fingerprint density at radius 2 is 1.96 bits per heavy atom. The van der Waals surface area contributed by atoms with Gasteiger partial charge in [0.2, 0.25) is 10.0 Å². The molecule has 2 rings (SSSR count). The predicted octanol–water partition coefficient (Wildman–Crippen LogP) is 2.09. The van der Waals surface area contributed by atoms with Gasteiger partial charge in [0.1, 0.15) is 22.0 Å². The standard InChI is InChI=1S/C16H21NO5S/c1-11-8-13(21-4)14(9-12(11)2)23(19,20)17-10-16(3,18)15-6-5-7-22-15/h5-9,17-18H,10H2,1-4H3/t16-/m0/s1. The third-order valence-corrected chi connectivity index (χ3v) is 5.15. The van der Waals surface area contributed by atoms with E-state index in [2.05, 4.69) is 4.72 Å². The van der Waals surface area contributed by atoms with Crippen LogP contribution in [0.4, 0.5) is 0 Å². The SMILES string of the molecule is COc1cc(C)c(C)cc1S(=O)(=O)NC[C@](C)(O)c1ccco1. The fourth-order valence-electron chi connectivity index (χ4n) is 2.12. The largest absolute Gasteiger partial charge is 0.495 e. The van der Waals surface area contributed by atoms with Gasteiger partial charge in [-0.25, -0.2) is 13.1 Å². The molecule has 126 valence electrons. The summed E-state index contributed by atoms with van der Waals surface area (Å²) in [4.78, 5) is 0.0401. The second kappa shape index (κ2) is 6.35. The second-order valence-electron chi connectivity index (χ2n) is 5.66. The first-order valence-electron chi connectivity index (χ1n) is 7.08. The lowest BCUT2D eigenvalue weighted by Gasteiger charge is -2.21. The van der Waals surface area contributed by atoms with Crippen molar-refractivity contribution in [3.63, 3.8) is 0 Å². The smallest absolute Gasteiger partial charge is 0.244 e. The number of nitrogens with one attached hydrogen (secondary N) is 1. The maximum Gasteiger partial charge on any atom is 0.244 e. The van der Waals surface area contributed by atoms with E-state index < -0.39 is 15.6 Å². The van der Waals surface area contributed by atoms with Crippen molar-refractivity contribution >= 4 is 10.0 Å². The Balaban J connectivity index is 2.28. The van der Waals surface area contributed by atoms with Crippen molar-refractivity contribution in [1.29, 1.82) is 0 Å². The zero-order chi connectivity index (χ0) is 17.3. The van der Waals surface area contributed by atoms with E-state index in [9.17, 15) is 13.5 Å². The number of furan rings is 1. The summed E-state index contributed by atoms with van der Waals surface area (Å²) in [5.41, 5.74) is 0.316. The number of rotatable bonds is 6. The van der Waals surface area contributed by atoms with Crippen LogP contribution < -0.4 is 9.46 Å². The molecule has 0 unspecified atom stereocenters. The molecule has 1 atom stereocenters. The summed E-state index contributed by atoms with van der Waals surface area (Å²) in [5.74, 6) is 0.547. The number of ether oxygens (including phenoxy) is 1. The quantitative estimate of drug-likeness (QED) is 0.841. The fraction of sp³-hybridized carbons (Fsp3) is 0.375. The molecule has 0 radical (unpaired) electrons. The minimum Gasteiger partial charge on any atom is -0.495 e. The van der Waals surface area contributed by atoms with E-state index in [4.69, 9.17) is 9.15 Å². The third-order valence-electron chi connectivity index (χ3n) is 3.73. The van der Waals surface area contributed by atoms with Crippen LogP contribution >= 0.6 is 0 Å². The maximum absolute atomic E-state index is 12.6. The van der Waals surface area contributed by atoms with Crippen LogP contribution in [-0.2, 0) is 15.6 Å². The average Bonchev–Trinajstić information content (AvgIpc) is 3.03. The van der Waals surface area contributed by atoms with Gasteiger partial charge in [-0.15, -0.1) is 0 Å². The monoisotopic (exact) mass is 339 g/mol. The normalized spacial score (nSPS) is 14.5. The predicted molar refractivity (Wildman–Crippen MR) is 85.9 cm³/mol. The molecule has 23 heavy (non-hydrogen) atoms. The zero-order valence-electron chi connectivity index (χ0n) is 13.6. The van der Waals surface area contributed by atoms with Gasteiger partial charge in [0.25, 0.3) is 0 Å². The number of benzene rings is 1. The molecule has 0 aliphatic rings. The molecule has 0 spiro atoms. The number of aryl methyl sites for hydroxylation is 2. The third kappa shape index (κ3) is 3.74. The van der Waals surface area contributed by atoms with Gasteiger partial charge in [0.15, 0.2) is 0 Å². The van der Waals surface area contributed by atoms with Crippen molar-refractivity contribution in [1.82, 2.24) is 4.72 Å². The molecule has 0 aliphatic heterocycles. The highest BCUT2D eigenvalue weighted by atomic mass is 32.2. The summed E-state index contributed by atoms with van der Waals surface area (Å²) in [6, 6.07) is 6.45. The number of aliphatic hydroxyl groups is 1. The van der Waals surface area contributed by atoms with Gasteiger partial charge in [-0.1, -0.05) is 0 Å². The minimum absolute atomic E-state index is 0.0401. The molecule has 1 heterocycles. The van der Waals surface area contributed by atoms with Crippen molar-refractivity contribution < 1.29 is 22.7 Å². The average molecular weight is 339 g/mol. The Hall–Kier alpha value is -1.83. The molecule has 1 aromatic heterocycles. The number of hydrogen-bond acceptors (Lipinski definition) is 5. The Labute approximate surface area is 136 Å². The summed E-state index contributed by atoms with van der Waals surface area (Å²) in [6.07, 6.45) is 1.42. The maximum atomic E-state index is 12.6. The van der Waals surface area contributed by atoms with E-state index in [0.717, 1.165) is 11.1 Å². The van der Waals surface area contributed by atoms with Crippen molar-refractivity contribution in [3.05, 3.63) is 47.4 Å². The molecule has 7 heteroatoms. The first-order valence-corrected chi connectivity index (χ1v) is 8.57. The van der Waals surface area contributed by atoms with Gasteiger partial charge in [-0.05, 0) is 56.2 Å². The zero-order valence-corrected chi connectivity index (χ0v) is 14.4. The number of methoxy groups -OCH3 is 1. The molecular formula is C16H21NO5S. The highest BCUT2D eigenvalue weighted by Gasteiger charge is 2.30. The van der Waals surface area contributed by atoms with Crippen molar-refractivity contribution in [2.24, 2.45) is 0 Å². The van der Waals surface area contributed by atoms with Crippen molar-refractivity contribution in [2.45, 2.75) is 31.3 Å². The fourth-order valence-corrected chi connectivity index (χ4v) is 3.48. The summed E-state index contributed by atoms with van der Waals surface area (Å²) in [5, 5.41) is 10.4. The molecular weight excluding hydrogens is 318 g/mol. The van der Waals surface area contributed by atoms with Crippen LogP contribution in [0.1, 0.15) is 23.8 Å². The van der Waals surface area contributed by atoms with Crippen LogP contribution in [0, 0.1) is 13.8 Å². The topological polar surface area (TPSA) is 88.8 Å². The summed E-state index contributed by atoms with van der Waals surface area (Å²) in [6.45, 7) is 4.96. The van der Waals surface area contributed by atoms with Crippen molar-refractivity contribution in [3.8, 4) is 5.75 Å². The molecule has 0 aliphatic carbocycles. The van der Waals surface area contributed by atoms with Gasteiger partial charge < -0.3 is 14.3 Å². The molecule has 0 bridgehead atoms. The number of hydrogen-bond donors (Lipinski definition) is 2. The van der Waals surface area contributed by atoms with Crippen LogP contribution in [-0.4, -0.2) is 27.2 Å². The Morgan fingerprint density at radius 1 is 1.30 bits per heavy atom. The van der Waals surface area contributed by atoms with Crippen molar-refractivity contribution in [2.75, 3.05) is 13.7 Å². The van der Waals surface area contributed by atoms with Crippen LogP contribution in [0.3, 0.4) is 0 Å². The van der Waals surface area contributed by atoms with Gasteiger partial charge in [-0.3, -0.25) is 0 Å². The molecule has 1 aromatic carbocycles. The van der Waals surface area contributed by atoms with Crippen LogP contribution in [0.25, 0.3) is 0 Å². The molecule has 2 aromatic rings. The Morgan fingerprint density at radius 3 is 2.52 bits per heavy atom. The van der Waals surface area contributed by atoms with E-state index in [1.807, 2.05) is 13.8 Å². The summed E-state index contributed by atoms with van der Waals surface area (Å²) >= 11 is 0. The molecule has 2 N–H and O–H groups in total. The molecule has 0 amide bonds. The van der Waals surface area contributed by atoms with Gasteiger partial charge >= 0.3 is 0 Å². The summed E-state index contributed by atoms with van der Waals surface area (Å²) in [7, 11) is -2.42. The second-order valence-corrected chi connectivity index (χ2v) is 7.40. The van der Waals surface area contributed by atoms with E-state index >= 15 is 0 Å². The lowest BCUT2D eigenvalue weighted by Crippen LogP contribution is -2.38. The first-order chi connectivity index (χ1) is 10.7. The first kappa shape index (κ1) is 17.5. The lowest BCUT2D eigenvalue weighted by atomic mass is 10.1.